The number of hydrogen-bond acceptors (Lipinski definition) is 4. The molecule has 1 aliphatic carbocycles. The average molecular weight is 323 g/mol. The number of rotatable bonds is 4. The molecular weight excluding hydrogens is 302 g/mol. The van der Waals surface area contributed by atoms with E-state index >= 15 is 0 Å². The van der Waals surface area contributed by atoms with Crippen molar-refractivity contribution in [1.29, 1.82) is 0 Å². The van der Waals surface area contributed by atoms with Gasteiger partial charge in [-0.25, -0.2) is 0 Å². The summed E-state index contributed by atoms with van der Waals surface area (Å²) in [7, 11) is 1.66. The van der Waals surface area contributed by atoms with Crippen LogP contribution in [0.15, 0.2) is 40.8 Å². The lowest BCUT2D eigenvalue weighted by atomic mass is 9.93. The number of aryl methyl sites for hydroxylation is 2. The van der Waals surface area contributed by atoms with E-state index in [2.05, 4.69) is 5.32 Å². The average Bonchev–Trinajstić information content (AvgIpc) is 3.00. The van der Waals surface area contributed by atoms with Crippen LogP contribution in [-0.2, 0) is 19.4 Å². The minimum Gasteiger partial charge on any atom is -0.508 e. The van der Waals surface area contributed by atoms with E-state index in [0.29, 0.717) is 12.3 Å². The number of furan rings is 1. The lowest BCUT2D eigenvalue weighted by Crippen LogP contribution is -2.03. The highest BCUT2D eigenvalue weighted by Crippen LogP contribution is 2.37. The molecule has 1 heterocycles. The van der Waals surface area contributed by atoms with Gasteiger partial charge in [-0.05, 0) is 55.7 Å². The van der Waals surface area contributed by atoms with Gasteiger partial charge in [-0.15, -0.1) is 0 Å². The van der Waals surface area contributed by atoms with Crippen LogP contribution in [0.2, 0.25) is 0 Å². The van der Waals surface area contributed by atoms with Gasteiger partial charge in [0.05, 0.1) is 7.11 Å². The molecule has 1 aromatic heterocycles. The van der Waals surface area contributed by atoms with Crippen LogP contribution >= 0.6 is 0 Å². The molecule has 0 saturated carbocycles. The predicted molar refractivity (Wildman–Crippen MR) is 94.8 cm³/mol. The first-order valence-corrected chi connectivity index (χ1v) is 8.39. The Morgan fingerprint density at radius 2 is 1.88 bits per heavy atom. The summed E-state index contributed by atoms with van der Waals surface area (Å²) in [6.07, 6.45) is 4.39. The normalized spacial score (nSPS) is 13.7. The Morgan fingerprint density at radius 1 is 1.08 bits per heavy atom. The van der Waals surface area contributed by atoms with Gasteiger partial charge in [0.1, 0.15) is 22.8 Å². The number of benzene rings is 2. The third-order valence-electron chi connectivity index (χ3n) is 4.76. The van der Waals surface area contributed by atoms with Crippen LogP contribution in [0.3, 0.4) is 0 Å². The van der Waals surface area contributed by atoms with E-state index in [-0.39, 0.29) is 0 Å². The van der Waals surface area contributed by atoms with Crippen LogP contribution < -0.4 is 10.1 Å². The van der Waals surface area contributed by atoms with Crippen LogP contribution in [0, 0.1) is 0 Å². The summed E-state index contributed by atoms with van der Waals surface area (Å²) in [6, 6.07) is 11.4. The maximum Gasteiger partial charge on any atom is 0.135 e. The number of anilines is 1. The topological polar surface area (TPSA) is 54.6 Å². The first kappa shape index (κ1) is 14.9. The lowest BCUT2D eigenvalue weighted by molar-refractivity contribution is 0.415. The van der Waals surface area contributed by atoms with Gasteiger partial charge in [0.2, 0.25) is 0 Å². The number of nitrogens with one attached hydrogen (secondary N) is 1. The summed E-state index contributed by atoms with van der Waals surface area (Å²) in [5.41, 5.74) is 4.06. The van der Waals surface area contributed by atoms with Gasteiger partial charge in [0.15, 0.2) is 0 Å². The Morgan fingerprint density at radius 3 is 2.67 bits per heavy atom. The van der Waals surface area contributed by atoms with Gasteiger partial charge in [0.25, 0.3) is 0 Å². The smallest absolute Gasteiger partial charge is 0.135 e. The molecule has 0 spiro atoms. The SMILES string of the molecule is COc1ccc(NCc2c(O)ccc3oc4c(c23)CCCC4)cc1. The Kier molecular flexibility index (Phi) is 3.81. The number of hydrogen-bond donors (Lipinski definition) is 2. The van der Waals surface area contributed by atoms with E-state index in [1.807, 2.05) is 30.3 Å². The van der Waals surface area contributed by atoms with Gasteiger partial charge in [-0.2, -0.15) is 0 Å². The van der Waals surface area contributed by atoms with Crippen molar-refractivity contribution in [3.8, 4) is 11.5 Å². The molecule has 0 atom stereocenters. The van der Waals surface area contributed by atoms with Gasteiger partial charge in [-0.3, -0.25) is 0 Å². The number of phenolic OH excluding ortho intramolecular Hbond substituents is 1. The molecule has 1 aliphatic rings. The Bertz CT molecular complexity index is 865. The molecule has 4 rings (SSSR count). The minimum atomic E-state index is 0.317. The highest BCUT2D eigenvalue weighted by Gasteiger charge is 2.21. The zero-order valence-electron chi connectivity index (χ0n) is 13.8. The maximum atomic E-state index is 10.4. The molecular formula is C20H21NO3. The lowest BCUT2D eigenvalue weighted by Gasteiger charge is -2.13. The fourth-order valence-corrected chi connectivity index (χ4v) is 3.50. The van der Waals surface area contributed by atoms with Gasteiger partial charge >= 0.3 is 0 Å². The van der Waals surface area contributed by atoms with Crippen molar-refractivity contribution in [2.24, 2.45) is 0 Å². The second-order valence-corrected chi connectivity index (χ2v) is 6.23. The fraction of sp³-hybridized carbons (Fsp3) is 0.300. The molecule has 0 bridgehead atoms. The fourth-order valence-electron chi connectivity index (χ4n) is 3.50. The molecule has 124 valence electrons. The molecule has 0 aliphatic heterocycles. The van der Waals surface area contributed by atoms with Crippen molar-refractivity contribution < 1.29 is 14.3 Å². The van der Waals surface area contributed by atoms with E-state index in [9.17, 15) is 5.11 Å². The van der Waals surface area contributed by atoms with Crippen LogP contribution in [0.4, 0.5) is 5.69 Å². The highest BCUT2D eigenvalue weighted by molar-refractivity contribution is 5.88. The summed E-state index contributed by atoms with van der Waals surface area (Å²) in [4.78, 5) is 0. The minimum absolute atomic E-state index is 0.317. The number of fused-ring (bicyclic) bond motifs is 3. The second kappa shape index (κ2) is 6.11. The van der Waals surface area contributed by atoms with Crippen LogP contribution in [-0.4, -0.2) is 12.2 Å². The summed E-state index contributed by atoms with van der Waals surface area (Å²) in [6.45, 7) is 0.557. The molecule has 0 fully saturated rings. The van der Waals surface area contributed by atoms with Crippen molar-refractivity contribution in [2.75, 3.05) is 12.4 Å². The van der Waals surface area contributed by atoms with Crippen molar-refractivity contribution in [3.63, 3.8) is 0 Å². The summed E-state index contributed by atoms with van der Waals surface area (Å²) >= 11 is 0. The molecule has 3 aromatic rings. The highest BCUT2D eigenvalue weighted by atomic mass is 16.5. The van der Waals surface area contributed by atoms with Crippen molar-refractivity contribution >= 4 is 16.7 Å². The van der Waals surface area contributed by atoms with Crippen molar-refractivity contribution in [2.45, 2.75) is 32.2 Å². The van der Waals surface area contributed by atoms with Crippen molar-refractivity contribution in [3.05, 3.63) is 53.3 Å². The quantitative estimate of drug-likeness (QED) is 0.734. The van der Waals surface area contributed by atoms with E-state index in [0.717, 1.165) is 46.6 Å². The zero-order chi connectivity index (χ0) is 16.5. The molecule has 0 amide bonds. The molecule has 4 nitrogen and oxygen atoms in total. The predicted octanol–water partition coefficient (Wildman–Crippen LogP) is 4.64. The van der Waals surface area contributed by atoms with Gasteiger partial charge in [0, 0.05) is 35.2 Å². The van der Waals surface area contributed by atoms with E-state index in [4.69, 9.17) is 9.15 Å². The summed E-state index contributed by atoms with van der Waals surface area (Å²) < 4.78 is 11.2. The maximum absolute atomic E-state index is 10.4. The molecule has 0 saturated heterocycles. The Hall–Kier alpha value is -2.62. The van der Waals surface area contributed by atoms with Crippen LogP contribution in [0.1, 0.15) is 29.7 Å². The van der Waals surface area contributed by atoms with Gasteiger partial charge in [-0.1, -0.05) is 0 Å². The number of phenols is 1. The number of methoxy groups -OCH3 is 1. The summed E-state index contributed by atoms with van der Waals surface area (Å²) in [5, 5.41) is 14.9. The Labute approximate surface area is 141 Å². The Balaban J connectivity index is 1.67. The molecule has 4 heteroatoms. The third-order valence-corrected chi connectivity index (χ3v) is 4.76. The van der Waals surface area contributed by atoms with E-state index in [1.165, 1.54) is 18.4 Å². The molecule has 0 unspecified atom stereocenters. The first-order chi connectivity index (χ1) is 11.8. The molecule has 2 N–H and O–H groups in total. The number of aromatic hydroxyl groups is 1. The van der Waals surface area contributed by atoms with Gasteiger partial charge < -0.3 is 19.6 Å². The third kappa shape index (κ3) is 2.58. The molecule has 24 heavy (non-hydrogen) atoms. The zero-order valence-corrected chi connectivity index (χ0v) is 13.8. The number of ether oxygens (including phenoxy) is 1. The monoisotopic (exact) mass is 323 g/mol. The summed E-state index contributed by atoms with van der Waals surface area (Å²) in [5.74, 6) is 2.24. The second-order valence-electron chi connectivity index (χ2n) is 6.23. The van der Waals surface area contributed by atoms with Crippen LogP contribution in [0.5, 0.6) is 11.5 Å². The van der Waals surface area contributed by atoms with E-state index in [1.54, 1.807) is 13.2 Å². The van der Waals surface area contributed by atoms with E-state index < -0.39 is 0 Å². The molecule has 0 radical (unpaired) electrons. The van der Waals surface area contributed by atoms with Crippen molar-refractivity contribution in [1.82, 2.24) is 0 Å². The largest absolute Gasteiger partial charge is 0.508 e. The molecule has 2 aromatic carbocycles. The first-order valence-electron chi connectivity index (χ1n) is 8.39. The van der Waals surface area contributed by atoms with Crippen LogP contribution in [0.25, 0.3) is 11.0 Å². The standard InChI is InChI=1S/C20H21NO3/c1-23-14-8-6-13(7-9-14)21-12-16-17(22)10-11-19-20(16)15-4-2-3-5-18(15)24-19/h6-11,21-22H,2-5,12H2,1H3.